The van der Waals surface area contributed by atoms with Crippen molar-refractivity contribution in [3.63, 3.8) is 0 Å². The molecule has 1 atom stereocenters. The molecule has 0 N–H and O–H groups in total. The van der Waals surface area contributed by atoms with Gasteiger partial charge < -0.3 is 4.90 Å². The Labute approximate surface area is 67.2 Å². The van der Waals surface area contributed by atoms with Gasteiger partial charge in [0, 0.05) is 13.5 Å². The first-order valence-electron chi connectivity index (χ1n) is 3.72. The van der Waals surface area contributed by atoms with Crippen LogP contribution in [-0.4, -0.2) is 23.4 Å². The van der Waals surface area contributed by atoms with Gasteiger partial charge in [-0.3, -0.25) is 4.79 Å². The van der Waals surface area contributed by atoms with Gasteiger partial charge in [-0.15, -0.1) is 0 Å². The third-order valence-electron chi connectivity index (χ3n) is 1.87. The lowest BCUT2D eigenvalue weighted by molar-refractivity contribution is -0.128. The van der Waals surface area contributed by atoms with Crippen LogP contribution in [0.5, 0.6) is 0 Å². The molecule has 0 saturated carbocycles. The van der Waals surface area contributed by atoms with Crippen molar-refractivity contribution in [3.05, 3.63) is 24.3 Å². The molecule has 1 unspecified atom stereocenters. The molecular weight excluding hydrogens is 138 g/mol. The molecule has 0 aromatic heterocycles. The molecule has 0 aromatic carbocycles. The van der Waals surface area contributed by atoms with Crippen LogP contribution in [0.1, 0.15) is 13.8 Å². The summed E-state index contributed by atoms with van der Waals surface area (Å²) in [5.74, 6) is 0.114. The van der Waals surface area contributed by atoms with Crippen LogP contribution in [0.2, 0.25) is 0 Å². The van der Waals surface area contributed by atoms with E-state index < -0.39 is 0 Å². The molecule has 2 nitrogen and oxygen atoms in total. The number of amides is 1. The lowest BCUT2D eigenvalue weighted by Crippen LogP contribution is -2.34. The predicted octanol–water partition coefficient (Wildman–Crippen LogP) is 1.35. The maximum Gasteiger partial charge on any atom is 0.220 e. The van der Waals surface area contributed by atoms with Gasteiger partial charge >= 0.3 is 0 Å². The number of hydrogen-bond acceptors (Lipinski definition) is 1. The Hall–Kier alpha value is -1.05. The van der Waals surface area contributed by atoms with E-state index in [2.05, 4.69) is 6.58 Å². The fraction of sp³-hybridized carbons (Fsp3) is 0.444. The summed E-state index contributed by atoms with van der Waals surface area (Å²) >= 11 is 0. The van der Waals surface area contributed by atoms with Gasteiger partial charge in [0.2, 0.25) is 5.91 Å². The van der Waals surface area contributed by atoms with Gasteiger partial charge in [-0.25, -0.2) is 0 Å². The standard InChI is InChI=1S/C9H13NO/c1-7(2)9-5-4-6-10(9)8(3)11/h4-5,9H,1,6H2,2-3H3. The third-order valence-corrected chi connectivity index (χ3v) is 1.87. The average Bonchev–Trinajstić information content (AvgIpc) is 2.32. The average molecular weight is 151 g/mol. The Morgan fingerprint density at radius 2 is 2.27 bits per heavy atom. The molecule has 1 aliphatic rings. The summed E-state index contributed by atoms with van der Waals surface area (Å²) in [4.78, 5) is 12.8. The Bertz CT molecular complexity index is 218. The lowest BCUT2D eigenvalue weighted by atomic mass is 10.1. The molecule has 2 heteroatoms. The molecule has 1 amide bonds. The summed E-state index contributed by atoms with van der Waals surface area (Å²) in [5, 5.41) is 0. The molecule has 1 rings (SSSR count). The molecule has 11 heavy (non-hydrogen) atoms. The van der Waals surface area contributed by atoms with Crippen LogP contribution >= 0.6 is 0 Å². The van der Waals surface area contributed by atoms with E-state index in [1.54, 1.807) is 11.8 Å². The van der Waals surface area contributed by atoms with Crippen molar-refractivity contribution in [1.29, 1.82) is 0 Å². The molecule has 0 saturated heterocycles. The van der Waals surface area contributed by atoms with Crippen LogP contribution in [0.25, 0.3) is 0 Å². The topological polar surface area (TPSA) is 20.3 Å². The number of carbonyl (C=O) groups excluding carboxylic acids is 1. The van der Waals surface area contributed by atoms with Crippen LogP contribution in [0.15, 0.2) is 24.3 Å². The first kappa shape index (κ1) is 8.05. The summed E-state index contributed by atoms with van der Waals surface area (Å²) in [6, 6.07) is 0.132. The SMILES string of the molecule is C=C(C)C1C=CCN1C(C)=O. The van der Waals surface area contributed by atoms with Crippen molar-refractivity contribution in [2.75, 3.05) is 6.54 Å². The van der Waals surface area contributed by atoms with Crippen molar-refractivity contribution in [1.82, 2.24) is 4.90 Å². The number of carbonyl (C=O) groups is 1. The summed E-state index contributed by atoms with van der Waals surface area (Å²) in [5.41, 5.74) is 1.02. The Kier molecular flexibility index (Phi) is 2.13. The van der Waals surface area contributed by atoms with E-state index in [4.69, 9.17) is 0 Å². The summed E-state index contributed by atoms with van der Waals surface area (Å²) in [7, 11) is 0. The van der Waals surface area contributed by atoms with Gasteiger partial charge in [-0.1, -0.05) is 24.3 Å². The van der Waals surface area contributed by atoms with Gasteiger partial charge in [0.1, 0.15) is 0 Å². The van der Waals surface area contributed by atoms with E-state index in [0.717, 1.165) is 12.1 Å². The first-order chi connectivity index (χ1) is 5.13. The molecule has 0 spiro atoms. The highest BCUT2D eigenvalue weighted by molar-refractivity contribution is 5.75. The molecule has 0 aliphatic carbocycles. The predicted molar refractivity (Wildman–Crippen MR) is 45.1 cm³/mol. The minimum absolute atomic E-state index is 0.114. The largest absolute Gasteiger partial charge is 0.329 e. The molecule has 0 aromatic rings. The highest BCUT2D eigenvalue weighted by Gasteiger charge is 2.21. The van der Waals surface area contributed by atoms with Crippen molar-refractivity contribution >= 4 is 5.91 Å². The molecular formula is C9H13NO. The van der Waals surface area contributed by atoms with E-state index in [1.165, 1.54) is 0 Å². The van der Waals surface area contributed by atoms with Gasteiger partial charge in [0.25, 0.3) is 0 Å². The van der Waals surface area contributed by atoms with Crippen molar-refractivity contribution < 1.29 is 4.79 Å². The summed E-state index contributed by atoms with van der Waals surface area (Å²) < 4.78 is 0. The van der Waals surface area contributed by atoms with Crippen LogP contribution in [-0.2, 0) is 4.79 Å². The zero-order chi connectivity index (χ0) is 8.43. The lowest BCUT2D eigenvalue weighted by Gasteiger charge is -2.22. The number of rotatable bonds is 1. The van der Waals surface area contributed by atoms with E-state index in [0.29, 0.717) is 0 Å². The number of nitrogens with zero attached hydrogens (tertiary/aromatic N) is 1. The van der Waals surface area contributed by atoms with E-state index in [1.807, 2.05) is 19.1 Å². The second kappa shape index (κ2) is 2.91. The minimum atomic E-state index is 0.114. The van der Waals surface area contributed by atoms with E-state index in [9.17, 15) is 4.79 Å². The molecule has 60 valence electrons. The van der Waals surface area contributed by atoms with Crippen molar-refractivity contribution in [2.45, 2.75) is 19.9 Å². The monoisotopic (exact) mass is 151 g/mol. The molecule has 0 fully saturated rings. The highest BCUT2D eigenvalue weighted by Crippen LogP contribution is 2.15. The number of hydrogen-bond donors (Lipinski definition) is 0. The molecule has 0 bridgehead atoms. The van der Waals surface area contributed by atoms with Gasteiger partial charge in [0.05, 0.1) is 6.04 Å². The van der Waals surface area contributed by atoms with E-state index >= 15 is 0 Å². The van der Waals surface area contributed by atoms with Gasteiger partial charge in [-0.2, -0.15) is 0 Å². The second-order valence-electron chi connectivity index (χ2n) is 2.89. The minimum Gasteiger partial charge on any atom is -0.329 e. The Morgan fingerprint density at radius 1 is 1.64 bits per heavy atom. The van der Waals surface area contributed by atoms with Crippen molar-refractivity contribution in [2.24, 2.45) is 0 Å². The van der Waals surface area contributed by atoms with Gasteiger partial charge in [0.15, 0.2) is 0 Å². The van der Waals surface area contributed by atoms with Crippen LogP contribution in [0.3, 0.4) is 0 Å². The maximum atomic E-state index is 11.0. The molecule has 1 heterocycles. The van der Waals surface area contributed by atoms with Crippen LogP contribution < -0.4 is 0 Å². The zero-order valence-electron chi connectivity index (χ0n) is 7.00. The first-order valence-corrected chi connectivity index (χ1v) is 3.72. The Balaban J connectivity index is 2.71. The second-order valence-corrected chi connectivity index (χ2v) is 2.89. The molecule has 1 aliphatic heterocycles. The quantitative estimate of drug-likeness (QED) is 0.518. The van der Waals surface area contributed by atoms with Gasteiger partial charge in [-0.05, 0) is 6.92 Å². The van der Waals surface area contributed by atoms with E-state index in [-0.39, 0.29) is 11.9 Å². The summed E-state index contributed by atoms with van der Waals surface area (Å²) in [6.45, 7) is 8.08. The fourth-order valence-electron chi connectivity index (χ4n) is 1.28. The smallest absolute Gasteiger partial charge is 0.220 e. The highest BCUT2D eigenvalue weighted by atomic mass is 16.2. The maximum absolute atomic E-state index is 11.0. The van der Waals surface area contributed by atoms with Crippen LogP contribution in [0, 0.1) is 0 Å². The Morgan fingerprint density at radius 3 is 2.64 bits per heavy atom. The summed E-state index contributed by atoms with van der Waals surface area (Å²) in [6.07, 6.45) is 4.02. The van der Waals surface area contributed by atoms with Crippen LogP contribution in [0.4, 0.5) is 0 Å². The molecule has 0 radical (unpaired) electrons. The van der Waals surface area contributed by atoms with Crippen molar-refractivity contribution in [3.8, 4) is 0 Å². The zero-order valence-corrected chi connectivity index (χ0v) is 7.00. The third kappa shape index (κ3) is 1.50. The normalized spacial score (nSPS) is 22.4. The fourth-order valence-corrected chi connectivity index (χ4v) is 1.28.